The van der Waals surface area contributed by atoms with Crippen molar-refractivity contribution >= 4 is 87.2 Å². The molecule has 0 aliphatic rings. The van der Waals surface area contributed by atoms with E-state index >= 15 is 0 Å². The van der Waals surface area contributed by atoms with E-state index < -0.39 is 0 Å². The first kappa shape index (κ1) is 42.1. The third-order valence-corrected chi connectivity index (χ3v) is 15.0. The number of thiophene rings is 1. The molecule has 0 atom stereocenters. The predicted octanol–water partition coefficient (Wildman–Crippen LogP) is 20.0. The summed E-state index contributed by atoms with van der Waals surface area (Å²) in [4.78, 5) is 4.87. The zero-order valence-corrected chi connectivity index (χ0v) is 39.7. The smallest absolute Gasteiger partial charge is 0.0488 e. The van der Waals surface area contributed by atoms with Crippen LogP contribution in [0, 0.1) is 0 Å². The summed E-state index contributed by atoms with van der Waals surface area (Å²) in [7, 11) is 0. The van der Waals surface area contributed by atoms with E-state index in [9.17, 15) is 0 Å². The van der Waals surface area contributed by atoms with Crippen molar-refractivity contribution in [2.75, 3.05) is 9.80 Å². The van der Waals surface area contributed by atoms with E-state index in [1.807, 2.05) is 11.3 Å². The Morgan fingerprint density at radius 1 is 0.211 bits per heavy atom. The van der Waals surface area contributed by atoms with Gasteiger partial charge in [0.2, 0.25) is 0 Å². The number of rotatable bonds is 10. The zero-order valence-electron chi connectivity index (χ0n) is 38.9. The van der Waals surface area contributed by atoms with Crippen LogP contribution in [0.2, 0.25) is 0 Å². The lowest BCUT2D eigenvalue weighted by molar-refractivity contribution is 1.25. The number of hydrogen-bond acceptors (Lipinski definition) is 3. The van der Waals surface area contributed by atoms with Crippen LogP contribution in [0.15, 0.2) is 279 Å². The summed E-state index contributed by atoms with van der Waals surface area (Å²) >= 11 is 1.85. The number of nitrogens with zero attached hydrogens (tertiary/aromatic N) is 2. The minimum Gasteiger partial charge on any atom is -0.310 e. The Balaban J connectivity index is 1.07. The van der Waals surface area contributed by atoms with Crippen molar-refractivity contribution in [3.63, 3.8) is 0 Å². The Bertz CT molecular complexity index is 3930. The molecule has 334 valence electrons. The number of anilines is 6. The molecule has 12 aromatic carbocycles. The van der Waals surface area contributed by atoms with Gasteiger partial charge in [-0.3, -0.25) is 0 Å². The molecule has 13 aromatic rings. The van der Waals surface area contributed by atoms with Crippen LogP contribution >= 0.6 is 11.3 Å². The molecular formula is C68H46N2S. The fourth-order valence-electron chi connectivity index (χ4n) is 10.4. The highest BCUT2D eigenvalue weighted by Gasteiger charge is 2.22. The van der Waals surface area contributed by atoms with Gasteiger partial charge < -0.3 is 9.80 Å². The molecule has 0 spiro atoms. The topological polar surface area (TPSA) is 6.48 Å². The average molecular weight is 923 g/mol. The Kier molecular flexibility index (Phi) is 10.8. The second-order valence-electron chi connectivity index (χ2n) is 18.1. The maximum absolute atomic E-state index is 2.45. The van der Waals surface area contributed by atoms with Crippen LogP contribution in [-0.2, 0) is 0 Å². The maximum atomic E-state index is 2.45. The van der Waals surface area contributed by atoms with Crippen LogP contribution in [0.3, 0.4) is 0 Å². The first-order valence-electron chi connectivity index (χ1n) is 24.2. The van der Waals surface area contributed by atoms with E-state index in [-0.39, 0.29) is 0 Å². The van der Waals surface area contributed by atoms with Crippen LogP contribution in [-0.4, -0.2) is 0 Å². The van der Waals surface area contributed by atoms with Gasteiger partial charge in [0.25, 0.3) is 0 Å². The van der Waals surface area contributed by atoms with Gasteiger partial charge in [-0.1, -0.05) is 194 Å². The molecule has 2 nitrogen and oxygen atoms in total. The summed E-state index contributed by atoms with van der Waals surface area (Å²) in [6.45, 7) is 0. The third kappa shape index (κ3) is 7.99. The van der Waals surface area contributed by atoms with Crippen molar-refractivity contribution < 1.29 is 0 Å². The lowest BCUT2D eigenvalue weighted by atomic mass is 9.92. The van der Waals surface area contributed by atoms with Crippen molar-refractivity contribution in [3.05, 3.63) is 279 Å². The molecule has 0 fully saturated rings. The fourth-order valence-corrected chi connectivity index (χ4v) is 11.4. The number of fused-ring (bicyclic) bond motifs is 6. The molecule has 0 amide bonds. The first-order chi connectivity index (χ1) is 35.2. The van der Waals surface area contributed by atoms with Crippen LogP contribution in [0.4, 0.5) is 34.1 Å². The summed E-state index contributed by atoms with van der Waals surface area (Å²) in [6.07, 6.45) is 0. The minimum atomic E-state index is 1.04. The van der Waals surface area contributed by atoms with E-state index in [0.717, 1.165) is 39.7 Å². The van der Waals surface area contributed by atoms with Crippen molar-refractivity contribution in [1.82, 2.24) is 0 Å². The standard InChI is InChI=1S/C68H46N2S/c1-4-16-47(17-5-1)50-28-34-55(35-29-50)69(56-36-30-51(31-37-56)48-18-6-2-7-19-48)59-42-54(65-44-53-22-10-11-23-61(53)62-24-12-13-25-63(62)65)43-60(45-59)70(57-38-32-52(33-39-57)49-20-8-3-9-21-49)58-40-41-68-66(46-58)64-26-14-15-27-67(64)71-68/h1-46H. The van der Waals surface area contributed by atoms with E-state index in [4.69, 9.17) is 0 Å². The molecule has 71 heavy (non-hydrogen) atoms. The van der Waals surface area contributed by atoms with Gasteiger partial charge in [0.05, 0.1) is 0 Å². The summed E-state index contributed by atoms with van der Waals surface area (Å²) in [6, 6.07) is 102. The molecule has 0 aliphatic heterocycles. The van der Waals surface area contributed by atoms with Gasteiger partial charge in [-0.2, -0.15) is 0 Å². The maximum Gasteiger partial charge on any atom is 0.0488 e. The summed E-state index contributed by atoms with van der Waals surface area (Å²) in [5.41, 5.74) is 15.8. The highest BCUT2D eigenvalue weighted by molar-refractivity contribution is 7.25. The Labute approximate surface area is 418 Å². The molecule has 13 rings (SSSR count). The molecule has 0 N–H and O–H groups in total. The van der Waals surface area contributed by atoms with Crippen molar-refractivity contribution in [3.8, 4) is 44.5 Å². The third-order valence-electron chi connectivity index (χ3n) is 13.8. The normalized spacial score (nSPS) is 11.4. The largest absolute Gasteiger partial charge is 0.310 e. The van der Waals surface area contributed by atoms with E-state index in [1.54, 1.807) is 0 Å². The van der Waals surface area contributed by atoms with Crippen molar-refractivity contribution in [1.29, 1.82) is 0 Å². The highest BCUT2D eigenvalue weighted by atomic mass is 32.1. The van der Waals surface area contributed by atoms with E-state index in [2.05, 4.69) is 289 Å². The molecule has 1 heterocycles. The van der Waals surface area contributed by atoms with Gasteiger partial charge in [-0.05, 0) is 151 Å². The molecule has 3 heteroatoms. The number of benzene rings is 12. The molecule has 0 aliphatic carbocycles. The monoisotopic (exact) mass is 922 g/mol. The Morgan fingerprint density at radius 3 is 1.14 bits per heavy atom. The second-order valence-corrected chi connectivity index (χ2v) is 19.2. The van der Waals surface area contributed by atoms with E-state index in [1.165, 1.54) is 80.7 Å². The average Bonchev–Trinajstić information content (AvgIpc) is 3.82. The van der Waals surface area contributed by atoms with Crippen LogP contribution in [0.5, 0.6) is 0 Å². The van der Waals surface area contributed by atoms with Gasteiger partial charge in [-0.15, -0.1) is 11.3 Å². The predicted molar refractivity (Wildman–Crippen MR) is 305 cm³/mol. The minimum absolute atomic E-state index is 1.04. The zero-order chi connectivity index (χ0) is 47.1. The lowest BCUT2D eigenvalue weighted by Gasteiger charge is -2.31. The van der Waals surface area contributed by atoms with Crippen LogP contribution < -0.4 is 9.80 Å². The highest BCUT2D eigenvalue weighted by Crippen LogP contribution is 2.47. The first-order valence-corrected chi connectivity index (χ1v) is 25.0. The van der Waals surface area contributed by atoms with Gasteiger partial charge in [-0.25, -0.2) is 0 Å². The molecule has 0 radical (unpaired) electrons. The summed E-state index contributed by atoms with van der Waals surface area (Å²) < 4.78 is 2.56. The number of hydrogen-bond donors (Lipinski definition) is 0. The molecule has 0 saturated heterocycles. The SMILES string of the molecule is c1ccc(-c2ccc(N(c3ccc(-c4ccccc4)cc3)c3cc(-c4cc5ccccc5c5ccccc45)cc(N(c4ccc(-c5ccccc5)cc4)c4ccc5sc6ccccc6c5c4)c3)cc2)cc1. The van der Waals surface area contributed by atoms with Crippen LogP contribution in [0.1, 0.15) is 0 Å². The van der Waals surface area contributed by atoms with Gasteiger partial charge in [0, 0.05) is 54.3 Å². The Morgan fingerprint density at radius 2 is 0.606 bits per heavy atom. The summed E-state index contributed by atoms with van der Waals surface area (Å²) in [5, 5.41) is 7.43. The molecule has 0 unspecified atom stereocenters. The fraction of sp³-hybridized carbons (Fsp3) is 0. The van der Waals surface area contributed by atoms with Crippen molar-refractivity contribution in [2.45, 2.75) is 0 Å². The van der Waals surface area contributed by atoms with Gasteiger partial charge in [0.15, 0.2) is 0 Å². The van der Waals surface area contributed by atoms with E-state index in [0.29, 0.717) is 0 Å². The summed E-state index contributed by atoms with van der Waals surface area (Å²) in [5.74, 6) is 0. The van der Waals surface area contributed by atoms with Crippen LogP contribution in [0.25, 0.3) is 86.2 Å². The molecule has 0 saturated carbocycles. The second kappa shape index (κ2) is 18.1. The van der Waals surface area contributed by atoms with Gasteiger partial charge >= 0.3 is 0 Å². The Hall–Kier alpha value is -9.02. The van der Waals surface area contributed by atoms with Gasteiger partial charge in [0.1, 0.15) is 0 Å². The lowest BCUT2D eigenvalue weighted by Crippen LogP contribution is -2.14. The van der Waals surface area contributed by atoms with Crippen molar-refractivity contribution in [2.24, 2.45) is 0 Å². The molecule has 1 aromatic heterocycles. The molecule has 0 bridgehead atoms. The molecular weight excluding hydrogens is 877 g/mol. The quantitative estimate of drug-likeness (QED) is 0.126.